The fourth-order valence-corrected chi connectivity index (χ4v) is 3.27. The second-order valence-electron chi connectivity index (χ2n) is 6.32. The Hall–Kier alpha value is -2.17. The molecule has 1 heterocycles. The van der Waals surface area contributed by atoms with E-state index in [1.54, 1.807) is 6.92 Å². The van der Waals surface area contributed by atoms with Crippen LogP contribution >= 0.6 is 0 Å². The maximum absolute atomic E-state index is 12.5. The molecule has 3 rings (SSSR count). The van der Waals surface area contributed by atoms with E-state index in [-0.39, 0.29) is 5.91 Å². The van der Waals surface area contributed by atoms with Crippen LogP contribution in [0, 0.1) is 6.92 Å². The minimum atomic E-state index is -0.479. The van der Waals surface area contributed by atoms with Crippen molar-refractivity contribution in [2.24, 2.45) is 0 Å². The maximum Gasteiger partial charge on any atom is 0.252 e. The van der Waals surface area contributed by atoms with E-state index in [0.717, 1.165) is 32.1 Å². The van der Waals surface area contributed by atoms with E-state index in [9.17, 15) is 4.79 Å². The molecule has 0 atom stereocenters. The zero-order chi connectivity index (χ0) is 16.1. The smallest absolute Gasteiger partial charge is 0.252 e. The topological polar surface area (TPSA) is 68.0 Å². The van der Waals surface area contributed by atoms with E-state index >= 15 is 0 Å². The van der Waals surface area contributed by atoms with Gasteiger partial charge in [0, 0.05) is 6.42 Å². The van der Waals surface area contributed by atoms with Gasteiger partial charge in [-0.25, -0.2) is 0 Å². The average Bonchev–Trinajstić information content (AvgIpc) is 3.02. The highest BCUT2D eigenvalue weighted by atomic mass is 16.5. The van der Waals surface area contributed by atoms with Gasteiger partial charge in [0.25, 0.3) is 5.89 Å². The van der Waals surface area contributed by atoms with E-state index in [4.69, 9.17) is 4.52 Å². The van der Waals surface area contributed by atoms with Gasteiger partial charge < -0.3 is 9.84 Å². The van der Waals surface area contributed by atoms with Gasteiger partial charge in [-0.1, -0.05) is 54.8 Å². The van der Waals surface area contributed by atoms with Crippen LogP contribution in [0.1, 0.15) is 55.8 Å². The fraction of sp³-hybridized carbons (Fsp3) is 0.500. The first-order valence-corrected chi connectivity index (χ1v) is 8.34. The van der Waals surface area contributed by atoms with E-state index in [1.165, 1.54) is 12.0 Å². The van der Waals surface area contributed by atoms with Gasteiger partial charge in [-0.2, -0.15) is 4.98 Å². The van der Waals surface area contributed by atoms with Crippen molar-refractivity contribution in [1.82, 2.24) is 15.5 Å². The van der Waals surface area contributed by atoms with Crippen LogP contribution in [0.4, 0.5) is 0 Å². The van der Waals surface area contributed by atoms with Crippen molar-refractivity contribution in [3.63, 3.8) is 0 Å². The third-order valence-corrected chi connectivity index (χ3v) is 4.51. The summed E-state index contributed by atoms with van der Waals surface area (Å²) in [7, 11) is 0. The first-order chi connectivity index (χ1) is 11.2. The summed E-state index contributed by atoms with van der Waals surface area (Å²) >= 11 is 0. The first kappa shape index (κ1) is 15.7. The largest absolute Gasteiger partial charge is 0.342 e. The highest BCUT2D eigenvalue weighted by molar-refractivity contribution is 5.77. The number of hydrogen-bond acceptors (Lipinski definition) is 4. The van der Waals surface area contributed by atoms with Crippen molar-refractivity contribution in [2.45, 2.75) is 57.4 Å². The monoisotopic (exact) mass is 313 g/mol. The van der Waals surface area contributed by atoms with Crippen molar-refractivity contribution in [1.29, 1.82) is 0 Å². The summed E-state index contributed by atoms with van der Waals surface area (Å²) in [4.78, 5) is 16.9. The molecule has 0 aliphatic heterocycles. The van der Waals surface area contributed by atoms with Crippen molar-refractivity contribution < 1.29 is 9.32 Å². The Balaban J connectivity index is 1.67. The Bertz CT molecular complexity index is 645. The van der Waals surface area contributed by atoms with Crippen LogP contribution in [0.25, 0.3) is 0 Å². The average molecular weight is 313 g/mol. The molecule has 1 N–H and O–H groups in total. The molecule has 0 radical (unpaired) electrons. The molecule has 5 heteroatoms. The lowest BCUT2D eigenvalue weighted by molar-refractivity contribution is -0.124. The molecule has 0 unspecified atom stereocenters. The Morgan fingerprint density at radius 2 is 1.96 bits per heavy atom. The fourth-order valence-electron chi connectivity index (χ4n) is 3.27. The number of aryl methyl sites for hydroxylation is 2. The van der Waals surface area contributed by atoms with Crippen molar-refractivity contribution in [2.75, 3.05) is 0 Å². The molecule has 23 heavy (non-hydrogen) atoms. The number of nitrogens with zero attached hydrogens (tertiary/aromatic N) is 2. The molecule has 1 aromatic carbocycles. The number of nitrogens with one attached hydrogen (secondary N) is 1. The quantitative estimate of drug-likeness (QED) is 0.919. The molecular formula is C18H23N3O2. The molecule has 1 fully saturated rings. The maximum atomic E-state index is 12.5. The Morgan fingerprint density at radius 3 is 2.61 bits per heavy atom. The lowest BCUT2D eigenvalue weighted by atomic mass is 9.81. The van der Waals surface area contributed by atoms with Gasteiger partial charge in [0.05, 0.1) is 0 Å². The van der Waals surface area contributed by atoms with E-state index in [0.29, 0.717) is 18.1 Å². The van der Waals surface area contributed by atoms with Crippen LogP contribution in [0.3, 0.4) is 0 Å². The van der Waals surface area contributed by atoms with Crippen LogP contribution in [0.5, 0.6) is 0 Å². The number of amides is 1. The highest BCUT2D eigenvalue weighted by Gasteiger charge is 2.40. The third kappa shape index (κ3) is 3.78. The van der Waals surface area contributed by atoms with Crippen molar-refractivity contribution >= 4 is 5.91 Å². The Morgan fingerprint density at radius 1 is 1.22 bits per heavy atom. The number of carbonyl (C=O) groups excluding carboxylic acids is 1. The first-order valence-electron chi connectivity index (χ1n) is 8.34. The summed E-state index contributed by atoms with van der Waals surface area (Å²) in [5.74, 6) is 1.22. The minimum absolute atomic E-state index is 0.0478. The molecule has 0 saturated heterocycles. The van der Waals surface area contributed by atoms with Crippen LogP contribution in [-0.4, -0.2) is 16.0 Å². The van der Waals surface area contributed by atoms with Crippen molar-refractivity contribution in [3.05, 3.63) is 47.6 Å². The molecule has 5 nitrogen and oxygen atoms in total. The van der Waals surface area contributed by atoms with Gasteiger partial charge in [-0.05, 0) is 31.7 Å². The molecule has 1 aromatic heterocycles. The summed E-state index contributed by atoms with van der Waals surface area (Å²) < 4.78 is 5.39. The number of rotatable bonds is 5. The van der Waals surface area contributed by atoms with E-state index in [2.05, 4.69) is 15.5 Å². The van der Waals surface area contributed by atoms with Gasteiger partial charge in [0.1, 0.15) is 5.54 Å². The minimum Gasteiger partial charge on any atom is -0.342 e. The summed E-state index contributed by atoms with van der Waals surface area (Å²) in [6, 6.07) is 10.1. The van der Waals surface area contributed by atoms with Crippen LogP contribution < -0.4 is 5.32 Å². The van der Waals surface area contributed by atoms with Crippen LogP contribution in [0.2, 0.25) is 0 Å². The molecule has 1 aliphatic carbocycles. The van der Waals surface area contributed by atoms with E-state index in [1.807, 2.05) is 30.3 Å². The summed E-state index contributed by atoms with van der Waals surface area (Å²) in [6.07, 6.45) is 6.28. The van der Waals surface area contributed by atoms with Gasteiger partial charge in [0.15, 0.2) is 5.82 Å². The summed E-state index contributed by atoms with van der Waals surface area (Å²) in [5, 5.41) is 7.10. The van der Waals surface area contributed by atoms with Gasteiger partial charge in [-0.15, -0.1) is 0 Å². The normalized spacial score (nSPS) is 16.9. The number of hydrogen-bond donors (Lipinski definition) is 1. The SMILES string of the molecule is Cc1noc(C2(NC(=O)CCc3ccccc3)CCCCC2)n1. The standard InChI is InChI=1S/C18H23N3O2/c1-14-19-17(23-21-14)18(12-6-3-7-13-18)20-16(22)11-10-15-8-4-2-5-9-15/h2,4-5,8-9H,3,6-7,10-13H2,1H3,(H,20,22). The van der Waals surface area contributed by atoms with Crippen molar-refractivity contribution in [3.8, 4) is 0 Å². The number of benzene rings is 1. The number of carbonyl (C=O) groups is 1. The molecule has 0 bridgehead atoms. The molecule has 0 spiro atoms. The zero-order valence-corrected chi connectivity index (χ0v) is 13.5. The second-order valence-corrected chi connectivity index (χ2v) is 6.32. The molecule has 1 amide bonds. The predicted molar refractivity (Wildman–Crippen MR) is 86.7 cm³/mol. The second kappa shape index (κ2) is 6.94. The van der Waals surface area contributed by atoms with Gasteiger partial charge in [-0.3, -0.25) is 4.79 Å². The third-order valence-electron chi connectivity index (χ3n) is 4.51. The molecule has 122 valence electrons. The lowest BCUT2D eigenvalue weighted by Gasteiger charge is -2.34. The summed E-state index contributed by atoms with van der Waals surface area (Å²) in [5.41, 5.74) is 0.696. The lowest BCUT2D eigenvalue weighted by Crippen LogP contribution is -2.47. The molecule has 2 aromatic rings. The zero-order valence-electron chi connectivity index (χ0n) is 13.5. The Kier molecular flexibility index (Phi) is 4.74. The predicted octanol–water partition coefficient (Wildman–Crippen LogP) is 3.29. The van der Waals surface area contributed by atoms with Crippen LogP contribution in [-0.2, 0) is 16.8 Å². The molecule has 1 saturated carbocycles. The number of aromatic nitrogens is 2. The Labute approximate surface area is 136 Å². The molecule has 1 aliphatic rings. The summed E-state index contributed by atoms with van der Waals surface area (Å²) in [6.45, 7) is 1.81. The van der Waals surface area contributed by atoms with Gasteiger partial charge in [0.2, 0.25) is 5.91 Å². The molecular weight excluding hydrogens is 290 g/mol. The van der Waals surface area contributed by atoms with E-state index < -0.39 is 5.54 Å². The highest BCUT2D eigenvalue weighted by Crippen LogP contribution is 2.36. The van der Waals surface area contributed by atoms with Crippen LogP contribution in [0.15, 0.2) is 34.9 Å². The van der Waals surface area contributed by atoms with Gasteiger partial charge >= 0.3 is 0 Å².